The molecule has 0 saturated carbocycles. The molecule has 2 unspecified atom stereocenters. The monoisotopic (exact) mass is 241 g/mol. The lowest BCUT2D eigenvalue weighted by atomic mass is 9.87. The lowest BCUT2D eigenvalue weighted by molar-refractivity contribution is 0.0263. The van der Waals surface area contributed by atoms with Gasteiger partial charge < -0.3 is 19.5 Å². The number of ether oxygens (including phenoxy) is 2. The molecule has 1 N–H and O–H groups in total. The van der Waals surface area contributed by atoms with E-state index in [1.807, 2.05) is 0 Å². The highest BCUT2D eigenvalue weighted by Crippen LogP contribution is 2.34. The van der Waals surface area contributed by atoms with Gasteiger partial charge in [0, 0.05) is 19.0 Å². The van der Waals surface area contributed by atoms with Crippen molar-refractivity contribution in [3.63, 3.8) is 0 Å². The Balaban J connectivity index is 2.07. The first-order valence-corrected chi connectivity index (χ1v) is 5.53. The van der Waals surface area contributed by atoms with E-state index < -0.39 is 6.16 Å². The maximum atomic E-state index is 11.4. The summed E-state index contributed by atoms with van der Waals surface area (Å²) in [5.41, 5.74) is 1.08. The van der Waals surface area contributed by atoms with Crippen molar-refractivity contribution in [3.8, 4) is 0 Å². The van der Waals surface area contributed by atoms with Gasteiger partial charge in [-0.25, -0.2) is 9.59 Å². The zero-order valence-corrected chi connectivity index (χ0v) is 9.59. The van der Waals surface area contributed by atoms with Gasteiger partial charge in [0.15, 0.2) is 0 Å². The first kappa shape index (κ1) is 11.8. The molecule has 0 aromatic heterocycles. The van der Waals surface area contributed by atoms with Crippen molar-refractivity contribution in [2.45, 2.75) is 18.9 Å². The van der Waals surface area contributed by atoms with Crippen LogP contribution in [0.3, 0.4) is 0 Å². The summed E-state index contributed by atoms with van der Waals surface area (Å²) in [5.74, 6) is -0.0149. The van der Waals surface area contributed by atoms with Crippen molar-refractivity contribution in [3.05, 3.63) is 11.6 Å². The first-order chi connectivity index (χ1) is 8.11. The van der Waals surface area contributed by atoms with Crippen LogP contribution in [0, 0.1) is 5.92 Å². The molecule has 1 aliphatic heterocycles. The largest absolute Gasteiger partial charge is 0.506 e. The third-order valence-electron chi connectivity index (χ3n) is 3.26. The highest BCUT2D eigenvalue weighted by atomic mass is 16.7. The smallest absolute Gasteiger partial charge is 0.453 e. The number of nitrogens with zero attached hydrogens (tertiary/aromatic N) is 1. The molecule has 94 valence electrons. The maximum absolute atomic E-state index is 11.4. The predicted molar refractivity (Wildman–Crippen MR) is 57.7 cm³/mol. The number of hydrogen-bond donors (Lipinski definition) is 1. The van der Waals surface area contributed by atoms with Crippen molar-refractivity contribution >= 4 is 12.2 Å². The minimum absolute atomic E-state index is 0.0149. The van der Waals surface area contributed by atoms with E-state index in [9.17, 15) is 9.59 Å². The van der Waals surface area contributed by atoms with Crippen LogP contribution in [0.5, 0.6) is 0 Å². The molecule has 6 heteroatoms. The Morgan fingerprint density at radius 2 is 2.29 bits per heavy atom. The Kier molecular flexibility index (Phi) is 3.21. The van der Waals surface area contributed by atoms with Crippen LogP contribution in [0.4, 0.5) is 9.59 Å². The van der Waals surface area contributed by atoms with Crippen molar-refractivity contribution in [2.24, 2.45) is 5.92 Å². The van der Waals surface area contributed by atoms with Crippen molar-refractivity contribution < 1.29 is 24.2 Å². The zero-order valence-electron chi connectivity index (χ0n) is 9.59. The van der Waals surface area contributed by atoms with Gasteiger partial charge in [0.25, 0.3) is 0 Å². The van der Waals surface area contributed by atoms with E-state index in [0.29, 0.717) is 19.5 Å². The Hall–Kier alpha value is -1.72. The van der Waals surface area contributed by atoms with Crippen LogP contribution < -0.4 is 0 Å². The van der Waals surface area contributed by atoms with Crippen LogP contribution in [0.25, 0.3) is 0 Å². The zero-order chi connectivity index (χ0) is 12.4. The Morgan fingerprint density at radius 3 is 2.94 bits per heavy atom. The van der Waals surface area contributed by atoms with Crippen LogP contribution in [0.1, 0.15) is 12.8 Å². The fraction of sp³-hybridized carbons (Fsp3) is 0.636. The number of amides is 1. The quantitative estimate of drug-likeness (QED) is 0.555. The average Bonchev–Trinajstić information content (AvgIpc) is 2.72. The third-order valence-corrected chi connectivity index (χ3v) is 3.26. The number of rotatable bonds is 1. The molecule has 2 rings (SSSR count). The van der Waals surface area contributed by atoms with Gasteiger partial charge in [0.1, 0.15) is 6.10 Å². The molecule has 0 bridgehead atoms. The van der Waals surface area contributed by atoms with E-state index >= 15 is 0 Å². The SMILES string of the molecule is COC(=O)N1CC2=CCCC(OC(=O)O)C2C1. The number of carbonyl (C=O) groups excluding carboxylic acids is 1. The molecule has 17 heavy (non-hydrogen) atoms. The van der Waals surface area contributed by atoms with E-state index in [2.05, 4.69) is 10.8 Å². The minimum atomic E-state index is -1.26. The van der Waals surface area contributed by atoms with E-state index in [0.717, 1.165) is 12.0 Å². The number of carbonyl (C=O) groups is 2. The number of allylic oxidation sites excluding steroid dienone is 1. The highest BCUT2D eigenvalue weighted by Gasteiger charge is 2.39. The van der Waals surface area contributed by atoms with Crippen LogP contribution in [-0.4, -0.2) is 48.6 Å². The summed E-state index contributed by atoms with van der Waals surface area (Å²) in [7, 11) is 1.34. The topological polar surface area (TPSA) is 76.1 Å². The summed E-state index contributed by atoms with van der Waals surface area (Å²) in [5, 5.41) is 8.66. The van der Waals surface area contributed by atoms with E-state index in [1.165, 1.54) is 7.11 Å². The molecule has 0 aromatic rings. The summed E-state index contributed by atoms with van der Waals surface area (Å²) in [4.78, 5) is 23.6. The lowest BCUT2D eigenvalue weighted by Gasteiger charge is -2.26. The van der Waals surface area contributed by atoms with Crippen LogP contribution in [0.2, 0.25) is 0 Å². The standard InChI is InChI=1S/C11H15NO5/c1-16-10(13)12-5-7-3-2-4-9(8(7)6-12)17-11(14)15/h3,8-9H,2,4-6H2,1H3,(H,14,15). The number of carboxylic acid groups (broad SMARTS) is 1. The number of likely N-dealkylation sites (tertiary alicyclic amines) is 1. The summed E-state index contributed by atoms with van der Waals surface area (Å²) >= 11 is 0. The van der Waals surface area contributed by atoms with Crippen molar-refractivity contribution in [1.82, 2.24) is 4.90 Å². The van der Waals surface area contributed by atoms with Gasteiger partial charge in [-0.3, -0.25) is 0 Å². The Labute approximate surface area is 98.8 Å². The lowest BCUT2D eigenvalue weighted by Crippen LogP contribution is -2.33. The molecule has 1 saturated heterocycles. The summed E-state index contributed by atoms with van der Waals surface area (Å²) in [6.07, 6.45) is 1.55. The molecule has 1 aliphatic carbocycles. The number of fused-ring (bicyclic) bond motifs is 1. The van der Waals surface area contributed by atoms with Gasteiger partial charge in [-0.05, 0) is 18.4 Å². The third kappa shape index (κ3) is 2.35. The summed E-state index contributed by atoms with van der Waals surface area (Å²) in [6.45, 7) is 0.979. The molecule has 0 spiro atoms. The maximum Gasteiger partial charge on any atom is 0.506 e. The minimum Gasteiger partial charge on any atom is -0.453 e. The normalized spacial score (nSPS) is 27.1. The fourth-order valence-corrected chi connectivity index (χ4v) is 2.50. The Morgan fingerprint density at radius 1 is 1.53 bits per heavy atom. The van der Waals surface area contributed by atoms with Crippen LogP contribution in [-0.2, 0) is 9.47 Å². The molecule has 0 aromatic carbocycles. The fourth-order valence-electron chi connectivity index (χ4n) is 2.50. The molecule has 1 heterocycles. The predicted octanol–water partition coefficient (Wildman–Crippen LogP) is 1.47. The van der Waals surface area contributed by atoms with Crippen molar-refractivity contribution in [2.75, 3.05) is 20.2 Å². The second-order valence-electron chi connectivity index (χ2n) is 4.24. The van der Waals surface area contributed by atoms with E-state index in [1.54, 1.807) is 4.90 Å². The molecule has 6 nitrogen and oxygen atoms in total. The number of hydrogen-bond acceptors (Lipinski definition) is 4. The van der Waals surface area contributed by atoms with Gasteiger partial charge in [-0.2, -0.15) is 0 Å². The van der Waals surface area contributed by atoms with Gasteiger partial charge in [-0.1, -0.05) is 6.08 Å². The van der Waals surface area contributed by atoms with Crippen LogP contribution >= 0.6 is 0 Å². The van der Waals surface area contributed by atoms with Crippen LogP contribution in [0.15, 0.2) is 11.6 Å². The average molecular weight is 241 g/mol. The van der Waals surface area contributed by atoms with Gasteiger partial charge >= 0.3 is 12.2 Å². The highest BCUT2D eigenvalue weighted by molar-refractivity contribution is 5.68. The van der Waals surface area contributed by atoms with Gasteiger partial charge in [0.2, 0.25) is 0 Å². The molecule has 2 aliphatic rings. The summed E-state index contributed by atoms with van der Waals surface area (Å²) in [6, 6.07) is 0. The molecule has 1 fully saturated rings. The molecule has 1 amide bonds. The molecule has 0 radical (unpaired) electrons. The summed E-state index contributed by atoms with van der Waals surface area (Å²) < 4.78 is 9.52. The second-order valence-corrected chi connectivity index (χ2v) is 4.24. The Bertz CT molecular complexity index is 365. The number of methoxy groups -OCH3 is 1. The van der Waals surface area contributed by atoms with E-state index in [-0.39, 0.29) is 18.1 Å². The van der Waals surface area contributed by atoms with Gasteiger partial charge in [0.05, 0.1) is 7.11 Å². The second kappa shape index (κ2) is 4.65. The van der Waals surface area contributed by atoms with Crippen molar-refractivity contribution in [1.29, 1.82) is 0 Å². The molecule has 2 atom stereocenters. The van der Waals surface area contributed by atoms with E-state index in [4.69, 9.17) is 9.84 Å². The van der Waals surface area contributed by atoms with Gasteiger partial charge in [-0.15, -0.1) is 0 Å². The molecular formula is C11H15NO5. The first-order valence-electron chi connectivity index (χ1n) is 5.53. The molecular weight excluding hydrogens is 226 g/mol.